The lowest BCUT2D eigenvalue weighted by Crippen LogP contribution is -2.45. The molecule has 9 heteroatoms. The Labute approximate surface area is 175 Å². The zero-order chi connectivity index (χ0) is 21.9. The zero-order valence-corrected chi connectivity index (χ0v) is 17.5. The molecule has 0 aromatic heterocycles. The van der Waals surface area contributed by atoms with Gasteiger partial charge in [-0.25, -0.2) is 4.79 Å². The predicted octanol–water partition coefficient (Wildman–Crippen LogP) is 4.03. The lowest BCUT2D eigenvalue weighted by molar-refractivity contribution is -0.137. The van der Waals surface area contributed by atoms with Crippen LogP contribution in [-0.2, 0) is 11.0 Å². The van der Waals surface area contributed by atoms with Crippen molar-refractivity contribution in [1.82, 2.24) is 9.80 Å². The number of piperidine rings is 2. The van der Waals surface area contributed by atoms with Crippen LogP contribution >= 0.6 is 0 Å². The van der Waals surface area contributed by atoms with Gasteiger partial charge in [-0.05, 0) is 50.3 Å². The van der Waals surface area contributed by atoms with Crippen molar-refractivity contribution in [2.75, 3.05) is 50.5 Å². The Morgan fingerprint density at radius 1 is 1.03 bits per heavy atom. The lowest BCUT2D eigenvalue weighted by atomic mass is 9.95. The summed E-state index contributed by atoms with van der Waals surface area (Å²) in [5.74, 6) is -0.621. The third-order valence-electron chi connectivity index (χ3n) is 5.80. The number of nitrogens with zero attached hydrogens (tertiary/aromatic N) is 3. The van der Waals surface area contributed by atoms with Crippen molar-refractivity contribution in [3.8, 4) is 0 Å². The molecule has 2 saturated heterocycles. The number of benzene rings is 1. The SMILES string of the molecule is CN(C)C(=O)N1CCC(C(=O)Nc2cc(C(F)(F)F)ccc2N2CCCCC2)CC1. The Kier molecular flexibility index (Phi) is 6.77. The van der Waals surface area contributed by atoms with E-state index in [1.54, 1.807) is 19.0 Å². The van der Waals surface area contributed by atoms with E-state index < -0.39 is 11.7 Å². The van der Waals surface area contributed by atoms with Crippen molar-refractivity contribution in [3.05, 3.63) is 23.8 Å². The van der Waals surface area contributed by atoms with E-state index in [1.807, 2.05) is 4.90 Å². The summed E-state index contributed by atoms with van der Waals surface area (Å²) in [6.07, 6.45) is -0.437. The van der Waals surface area contributed by atoms with Crippen molar-refractivity contribution < 1.29 is 22.8 Å². The van der Waals surface area contributed by atoms with Gasteiger partial charge < -0.3 is 20.0 Å². The van der Waals surface area contributed by atoms with Gasteiger partial charge in [0.2, 0.25) is 5.91 Å². The number of nitrogens with one attached hydrogen (secondary N) is 1. The smallest absolute Gasteiger partial charge is 0.370 e. The summed E-state index contributed by atoms with van der Waals surface area (Å²) in [6.45, 7) is 2.44. The van der Waals surface area contributed by atoms with Crippen LogP contribution in [-0.4, -0.2) is 62.0 Å². The molecule has 0 spiro atoms. The van der Waals surface area contributed by atoms with Crippen LogP contribution in [0.4, 0.5) is 29.3 Å². The number of anilines is 2. The van der Waals surface area contributed by atoms with Crippen molar-refractivity contribution in [1.29, 1.82) is 0 Å². The zero-order valence-electron chi connectivity index (χ0n) is 17.5. The Morgan fingerprint density at radius 3 is 2.23 bits per heavy atom. The number of carbonyl (C=O) groups is 2. The Bertz CT molecular complexity index is 768. The number of urea groups is 1. The molecule has 2 fully saturated rings. The number of amides is 3. The standard InChI is InChI=1S/C21H29F3N4O2/c1-26(2)20(30)28-12-8-15(9-13-28)19(29)25-17-14-16(21(22,23)24)6-7-18(17)27-10-4-3-5-11-27/h6-7,14-15H,3-5,8-13H2,1-2H3,(H,25,29). The summed E-state index contributed by atoms with van der Waals surface area (Å²) in [7, 11) is 3.35. The molecule has 1 aromatic rings. The first-order chi connectivity index (χ1) is 14.2. The summed E-state index contributed by atoms with van der Waals surface area (Å²) >= 11 is 0. The molecule has 0 bridgehead atoms. The molecule has 1 aromatic carbocycles. The molecule has 2 aliphatic rings. The quantitative estimate of drug-likeness (QED) is 0.794. The minimum absolute atomic E-state index is 0.0980. The van der Waals surface area contributed by atoms with E-state index in [2.05, 4.69) is 5.32 Å². The predicted molar refractivity (Wildman–Crippen MR) is 110 cm³/mol. The van der Waals surface area contributed by atoms with Crippen molar-refractivity contribution in [2.45, 2.75) is 38.3 Å². The first-order valence-electron chi connectivity index (χ1n) is 10.4. The highest BCUT2D eigenvalue weighted by atomic mass is 19.4. The highest BCUT2D eigenvalue weighted by Gasteiger charge is 2.33. The second kappa shape index (κ2) is 9.14. The third-order valence-corrected chi connectivity index (χ3v) is 5.80. The largest absolute Gasteiger partial charge is 0.416 e. The molecule has 0 unspecified atom stereocenters. The molecule has 1 N–H and O–H groups in total. The van der Waals surface area contributed by atoms with Gasteiger partial charge in [0.1, 0.15) is 0 Å². The first kappa shape index (κ1) is 22.2. The average molecular weight is 426 g/mol. The number of rotatable bonds is 3. The Balaban J connectivity index is 1.74. The molecule has 0 saturated carbocycles. The number of hydrogen-bond acceptors (Lipinski definition) is 3. The first-order valence-corrected chi connectivity index (χ1v) is 10.4. The molecule has 0 radical (unpaired) electrons. The summed E-state index contributed by atoms with van der Waals surface area (Å²) in [5, 5.41) is 2.76. The summed E-state index contributed by atoms with van der Waals surface area (Å²) < 4.78 is 39.8. The minimum Gasteiger partial charge on any atom is -0.370 e. The van der Waals surface area contributed by atoms with Gasteiger partial charge in [-0.15, -0.1) is 0 Å². The van der Waals surface area contributed by atoms with Gasteiger partial charge in [0, 0.05) is 46.2 Å². The summed E-state index contributed by atoms with van der Waals surface area (Å²) in [4.78, 5) is 30.1. The van der Waals surface area contributed by atoms with E-state index in [-0.39, 0.29) is 23.5 Å². The fraction of sp³-hybridized carbons (Fsp3) is 0.619. The molecule has 166 valence electrons. The van der Waals surface area contributed by atoms with Crippen LogP contribution in [0.2, 0.25) is 0 Å². The van der Waals surface area contributed by atoms with E-state index in [9.17, 15) is 22.8 Å². The fourth-order valence-corrected chi connectivity index (χ4v) is 4.07. The van der Waals surface area contributed by atoms with Crippen LogP contribution in [0.1, 0.15) is 37.7 Å². The Morgan fingerprint density at radius 2 is 1.67 bits per heavy atom. The van der Waals surface area contributed by atoms with Crippen LogP contribution in [0.3, 0.4) is 0 Å². The Hall–Kier alpha value is -2.45. The summed E-state index contributed by atoms with van der Waals surface area (Å²) in [5.41, 5.74) is 0.0738. The van der Waals surface area contributed by atoms with Crippen molar-refractivity contribution in [3.63, 3.8) is 0 Å². The van der Waals surface area contributed by atoms with Gasteiger partial charge in [0.15, 0.2) is 0 Å². The van der Waals surface area contributed by atoms with Gasteiger partial charge in [0.25, 0.3) is 0 Å². The highest BCUT2D eigenvalue weighted by Crippen LogP contribution is 2.37. The van der Waals surface area contributed by atoms with Gasteiger partial charge in [-0.3, -0.25) is 4.79 Å². The van der Waals surface area contributed by atoms with Gasteiger partial charge in [-0.2, -0.15) is 13.2 Å². The number of likely N-dealkylation sites (tertiary alicyclic amines) is 1. The molecule has 0 atom stereocenters. The molecular weight excluding hydrogens is 397 g/mol. The second-order valence-corrected chi connectivity index (χ2v) is 8.20. The molecule has 6 nitrogen and oxygen atoms in total. The normalized spacial score (nSPS) is 18.3. The van der Waals surface area contributed by atoms with E-state index >= 15 is 0 Å². The number of hydrogen-bond donors (Lipinski definition) is 1. The van der Waals surface area contributed by atoms with Gasteiger partial charge in [-0.1, -0.05) is 0 Å². The molecule has 3 rings (SSSR count). The fourth-order valence-electron chi connectivity index (χ4n) is 4.07. The molecule has 2 heterocycles. The lowest BCUT2D eigenvalue weighted by Gasteiger charge is -2.34. The molecule has 3 amide bonds. The third kappa shape index (κ3) is 5.17. The van der Waals surface area contributed by atoms with E-state index in [1.165, 1.54) is 11.0 Å². The van der Waals surface area contributed by atoms with E-state index in [0.29, 0.717) is 31.6 Å². The number of alkyl halides is 3. The molecule has 30 heavy (non-hydrogen) atoms. The van der Waals surface area contributed by atoms with Crippen molar-refractivity contribution >= 4 is 23.3 Å². The highest BCUT2D eigenvalue weighted by molar-refractivity contribution is 5.96. The number of carbonyl (C=O) groups excluding carboxylic acids is 2. The van der Waals surface area contributed by atoms with E-state index in [0.717, 1.165) is 44.5 Å². The number of halogens is 3. The van der Waals surface area contributed by atoms with Crippen LogP contribution in [0, 0.1) is 5.92 Å². The van der Waals surface area contributed by atoms with Crippen LogP contribution in [0.15, 0.2) is 18.2 Å². The second-order valence-electron chi connectivity index (χ2n) is 8.20. The average Bonchev–Trinajstić information content (AvgIpc) is 2.73. The molecule has 2 aliphatic heterocycles. The van der Waals surface area contributed by atoms with Crippen molar-refractivity contribution in [2.24, 2.45) is 5.92 Å². The maximum atomic E-state index is 13.3. The molecule has 0 aliphatic carbocycles. The van der Waals surface area contributed by atoms with Gasteiger partial charge in [0.05, 0.1) is 16.9 Å². The molecular formula is C21H29F3N4O2. The van der Waals surface area contributed by atoms with Crippen LogP contribution in [0.25, 0.3) is 0 Å². The maximum Gasteiger partial charge on any atom is 0.416 e. The van der Waals surface area contributed by atoms with Gasteiger partial charge >= 0.3 is 12.2 Å². The van der Waals surface area contributed by atoms with Crippen LogP contribution < -0.4 is 10.2 Å². The minimum atomic E-state index is -4.47. The topological polar surface area (TPSA) is 55.9 Å². The summed E-state index contributed by atoms with van der Waals surface area (Å²) in [6, 6.07) is 3.47. The van der Waals surface area contributed by atoms with Crippen LogP contribution in [0.5, 0.6) is 0 Å². The van der Waals surface area contributed by atoms with E-state index in [4.69, 9.17) is 0 Å². The maximum absolute atomic E-state index is 13.3. The monoisotopic (exact) mass is 426 g/mol.